The van der Waals surface area contributed by atoms with Crippen molar-refractivity contribution < 1.29 is 14.6 Å². The number of ether oxygens (including phenoxy) is 1. The Hall–Kier alpha value is -2.63. The topological polar surface area (TPSA) is 75.5 Å². The second-order valence-electron chi connectivity index (χ2n) is 4.55. The molecule has 0 aliphatic carbocycles. The molecule has 0 saturated carbocycles. The van der Waals surface area contributed by atoms with Crippen LogP contribution in [0.25, 0.3) is 0 Å². The van der Waals surface area contributed by atoms with Crippen molar-refractivity contribution in [1.29, 1.82) is 0 Å². The molecule has 6 nitrogen and oxygen atoms in total. The SMILES string of the molecule is COc1cc(N(C)CCc2ccccc2C(=O)O)ncn1. The second-order valence-corrected chi connectivity index (χ2v) is 4.55. The van der Waals surface area contributed by atoms with Gasteiger partial charge in [0.05, 0.1) is 12.7 Å². The van der Waals surface area contributed by atoms with Crippen LogP contribution in [-0.4, -0.2) is 41.7 Å². The van der Waals surface area contributed by atoms with E-state index in [1.807, 2.05) is 24.1 Å². The van der Waals surface area contributed by atoms with Crippen molar-refractivity contribution >= 4 is 11.8 Å². The normalized spacial score (nSPS) is 10.2. The van der Waals surface area contributed by atoms with Gasteiger partial charge in [0.15, 0.2) is 0 Å². The summed E-state index contributed by atoms with van der Waals surface area (Å²) in [5.74, 6) is 0.324. The molecule has 0 bridgehead atoms. The molecule has 0 spiro atoms. The molecule has 0 aliphatic heterocycles. The Morgan fingerprint density at radius 3 is 2.81 bits per heavy atom. The number of carbonyl (C=O) groups is 1. The molecule has 110 valence electrons. The number of methoxy groups -OCH3 is 1. The van der Waals surface area contributed by atoms with E-state index in [1.54, 1.807) is 25.3 Å². The number of benzene rings is 1. The van der Waals surface area contributed by atoms with Crippen LogP contribution in [0.3, 0.4) is 0 Å². The van der Waals surface area contributed by atoms with Crippen LogP contribution < -0.4 is 9.64 Å². The Labute approximate surface area is 123 Å². The van der Waals surface area contributed by atoms with E-state index in [1.165, 1.54) is 6.33 Å². The molecule has 1 heterocycles. The standard InChI is InChI=1S/C15H17N3O3/c1-18(13-9-14(21-2)17-10-16-13)8-7-11-5-3-4-6-12(11)15(19)20/h3-6,9-10H,7-8H2,1-2H3,(H,19,20). The van der Waals surface area contributed by atoms with Crippen LogP contribution in [0.5, 0.6) is 5.88 Å². The van der Waals surface area contributed by atoms with Crippen LogP contribution in [-0.2, 0) is 6.42 Å². The summed E-state index contributed by atoms with van der Waals surface area (Å²) >= 11 is 0. The van der Waals surface area contributed by atoms with Crippen LogP contribution in [0, 0.1) is 0 Å². The van der Waals surface area contributed by atoms with Gasteiger partial charge in [0.25, 0.3) is 0 Å². The highest BCUT2D eigenvalue weighted by molar-refractivity contribution is 5.89. The van der Waals surface area contributed by atoms with Gasteiger partial charge in [-0.25, -0.2) is 14.8 Å². The predicted octanol–water partition coefficient (Wildman–Crippen LogP) is 1.86. The Kier molecular flexibility index (Phi) is 4.71. The number of nitrogens with zero attached hydrogens (tertiary/aromatic N) is 3. The first-order chi connectivity index (χ1) is 10.1. The van der Waals surface area contributed by atoms with Crippen LogP contribution in [0.2, 0.25) is 0 Å². The lowest BCUT2D eigenvalue weighted by molar-refractivity contribution is 0.0695. The molecule has 0 amide bonds. The molecule has 0 unspecified atom stereocenters. The van der Waals surface area contributed by atoms with Gasteiger partial charge in [-0.05, 0) is 18.1 Å². The van der Waals surface area contributed by atoms with Gasteiger partial charge in [-0.1, -0.05) is 18.2 Å². The number of aromatic nitrogens is 2. The fourth-order valence-corrected chi connectivity index (χ4v) is 2.00. The molecule has 1 aromatic carbocycles. The Morgan fingerprint density at radius 2 is 2.10 bits per heavy atom. The molecular formula is C15H17N3O3. The monoisotopic (exact) mass is 287 g/mol. The number of rotatable bonds is 6. The Morgan fingerprint density at radius 1 is 1.33 bits per heavy atom. The first-order valence-corrected chi connectivity index (χ1v) is 6.50. The number of aromatic carboxylic acids is 1. The number of hydrogen-bond donors (Lipinski definition) is 1. The van der Waals surface area contributed by atoms with E-state index in [-0.39, 0.29) is 0 Å². The van der Waals surface area contributed by atoms with Crippen molar-refractivity contribution in [1.82, 2.24) is 9.97 Å². The van der Waals surface area contributed by atoms with Gasteiger partial charge in [0, 0.05) is 19.7 Å². The minimum Gasteiger partial charge on any atom is -0.481 e. The molecule has 6 heteroatoms. The highest BCUT2D eigenvalue weighted by Crippen LogP contribution is 2.15. The highest BCUT2D eigenvalue weighted by Gasteiger charge is 2.10. The lowest BCUT2D eigenvalue weighted by atomic mass is 10.0. The lowest BCUT2D eigenvalue weighted by Gasteiger charge is -2.18. The summed E-state index contributed by atoms with van der Waals surface area (Å²) in [6, 6.07) is 8.76. The summed E-state index contributed by atoms with van der Waals surface area (Å²) in [6.45, 7) is 0.643. The largest absolute Gasteiger partial charge is 0.481 e. The summed E-state index contributed by atoms with van der Waals surface area (Å²) in [4.78, 5) is 21.2. The van der Waals surface area contributed by atoms with Gasteiger partial charge in [0.1, 0.15) is 12.1 Å². The van der Waals surface area contributed by atoms with E-state index in [0.29, 0.717) is 24.4 Å². The van der Waals surface area contributed by atoms with Crippen LogP contribution in [0.15, 0.2) is 36.7 Å². The lowest BCUT2D eigenvalue weighted by Crippen LogP contribution is -2.22. The Balaban J connectivity index is 2.07. The van der Waals surface area contributed by atoms with E-state index in [9.17, 15) is 4.79 Å². The maximum atomic E-state index is 11.2. The van der Waals surface area contributed by atoms with Crippen LogP contribution in [0.1, 0.15) is 15.9 Å². The summed E-state index contributed by atoms with van der Waals surface area (Å²) in [5, 5.41) is 9.17. The molecule has 0 atom stereocenters. The molecule has 2 rings (SSSR count). The van der Waals surface area contributed by atoms with Crippen molar-refractivity contribution in [2.45, 2.75) is 6.42 Å². The van der Waals surface area contributed by atoms with Crippen molar-refractivity contribution in [3.8, 4) is 5.88 Å². The maximum absolute atomic E-state index is 11.2. The Bertz CT molecular complexity index is 631. The zero-order valence-corrected chi connectivity index (χ0v) is 12.0. The highest BCUT2D eigenvalue weighted by atomic mass is 16.5. The van der Waals surface area contributed by atoms with E-state index in [2.05, 4.69) is 9.97 Å². The van der Waals surface area contributed by atoms with E-state index >= 15 is 0 Å². The minimum absolute atomic E-state index is 0.339. The molecule has 0 saturated heterocycles. The molecule has 21 heavy (non-hydrogen) atoms. The molecule has 0 fully saturated rings. The zero-order chi connectivity index (χ0) is 15.2. The van der Waals surface area contributed by atoms with E-state index < -0.39 is 5.97 Å². The van der Waals surface area contributed by atoms with Crippen molar-refractivity contribution in [3.63, 3.8) is 0 Å². The zero-order valence-electron chi connectivity index (χ0n) is 12.0. The quantitative estimate of drug-likeness (QED) is 0.874. The fourth-order valence-electron chi connectivity index (χ4n) is 2.00. The van der Waals surface area contributed by atoms with Gasteiger partial charge in [-0.2, -0.15) is 0 Å². The number of hydrogen-bond acceptors (Lipinski definition) is 5. The number of likely N-dealkylation sites (N-methyl/N-ethyl adjacent to an activating group) is 1. The number of carboxylic acids is 1. The molecule has 2 aromatic rings. The van der Waals surface area contributed by atoms with Crippen LogP contribution >= 0.6 is 0 Å². The predicted molar refractivity (Wildman–Crippen MR) is 79.0 cm³/mol. The van der Waals surface area contributed by atoms with Gasteiger partial charge in [-0.3, -0.25) is 0 Å². The molecule has 1 aromatic heterocycles. The first-order valence-electron chi connectivity index (χ1n) is 6.50. The average Bonchev–Trinajstić information content (AvgIpc) is 2.52. The van der Waals surface area contributed by atoms with Crippen molar-refractivity contribution in [2.24, 2.45) is 0 Å². The van der Waals surface area contributed by atoms with Gasteiger partial charge >= 0.3 is 5.97 Å². The average molecular weight is 287 g/mol. The smallest absolute Gasteiger partial charge is 0.335 e. The maximum Gasteiger partial charge on any atom is 0.335 e. The molecule has 1 N–H and O–H groups in total. The van der Waals surface area contributed by atoms with Gasteiger partial charge in [0.2, 0.25) is 5.88 Å². The summed E-state index contributed by atoms with van der Waals surface area (Å²) in [7, 11) is 3.44. The molecule has 0 radical (unpaired) electrons. The van der Waals surface area contributed by atoms with E-state index in [4.69, 9.17) is 9.84 Å². The third kappa shape index (κ3) is 3.68. The third-order valence-corrected chi connectivity index (χ3v) is 3.19. The van der Waals surface area contributed by atoms with Gasteiger partial charge < -0.3 is 14.7 Å². The van der Waals surface area contributed by atoms with Crippen molar-refractivity contribution in [2.75, 3.05) is 25.6 Å². The number of carboxylic acid groups (broad SMARTS) is 1. The summed E-state index contributed by atoms with van der Waals surface area (Å²) in [5.41, 5.74) is 1.14. The van der Waals surface area contributed by atoms with Gasteiger partial charge in [-0.15, -0.1) is 0 Å². The number of anilines is 1. The summed E-state index contributed by atoms with van der Waals surface area (Å²) < 4.78 is 5.06. The van der Waals surface area contributed by atoms with Crippen molar-refractivity contribution in [3.05, 3.63) is 47.8 Å². The first kappa shape index (κ1) is 14.8. The molecule has 0 aliphatic rings. The fraction of sp³-hybridized carbons (Fsp3) is 0.267. The second kappa shape index (κ2) is 6.69. The molecular weight excluding hydrogens is 270 g/mol. The third-order valence-electron chi connectivity index (χ3n) is 3.19. The minimum atomic E-state index is -0.906. The van der Waals surface area contributed by atoms with Crippen LogP contribution in [0.4, 0.5) is 5.82 Å². The summed E-state index contributed by atoms with van der Waals surface area (Å²) in [6.07, 6.45) is 2.06. The van der Waals surface area contributed by atoms with E-state index in [0.717, 1.165) is 11.4 Å².